The van der Waals surface area contributed by atoms with E-state index in [-0.39, 0.29) is 11.1 Å². The van der Waals surface area contributed by atoms with E-state index in [1.54, 1.807) is 56.6 Å². The Labute approximate surface area is 181 Å². The summed E-state index contributed by atoms with van der Waals surface area (Å²) < 4.78 is 12.2. The number of carboxylic acid groups (broad SMARTS) is 1. The molecule has 0 aliphatic carbocycles. The lowest BCUT2D eigenvalue weighted by Crippen LogP contribution is -2.40. The predicted molar refractivity (Wildman–Crippen MR) is 118 cm³/mol. The Hall–Kier alpha value is -4.47. The average molecular weight is 436 g/mol. The minimum atomic E-state index is -1.38. The van der Waals surface area contributed by atoms with Crippen LogP contribution in [0, 0.1) is 0 Å². The van der Waals surface area contributed by atoms with Crippen molar-refractivity contribution in [2.75, 3.05) is 14.2 Å². The molecule has 4 rings (SSSR count). The molecule has 0 aliphatic rings. The number of hydrogen-bond donors (Lipinski definition) is 4. The third kappa shape index (κ3) is 3.47. The van der Waals surface area contributed by atoms with Gasteiger partial charge < -0.3 is 19.6 Å². The number of aromatic amines is 1. The summed E-state index contributed by atoms with van der Waals surface area (Å²) in [5.41, 5.74) is 6.29. The maximum Gasteiger partial charge on any atom is 0.423 e. The molecular weight excluding hydrogens is 416 g/mol. The standard InChI is InChI=1S/C22H20N4O6/c1-26-19-15(10-16(21(26)28)13-6-5-12(31-2)9-18(13)32-3)14-8-11(4-7-17(14)23-19)20(27)24-25-22(29)30/h4-10,23,25H,1-3H3,(H,24,27)(H,29,30). The third-order valence-electron chi connectivity index (χ3n) is 5.22. The predicted octanol–water partition coefficient (Wildman–Crippen LogP) is 2.62. The van der Waals surface area contributed by atoms with Crippen LogP contribution in [0.15, 0.2) is 47.3 Å². The summed E-state index contributed by atoms with van der Waals surface area (Å²) in [7, 11) is 4.72. The molecule has 2 aromatic heterocycles. The van der Waals surface area contributed by atoms with Crippen LogP contribution < -0.4 is 25.9 Å². The number of ether oxygens (including phenoxy) is 2. The number of nitrogens with zero attached hydrogens (tertiary/aromatic N) is 1. The van der Waals surface area contributed by atoms with Gasteiger partial charge in [0.15, 0.2) is 0 Å². The second-order valence-electron chi connectivity index (χ2n) is 7.02. The van der Waals surface area contributed by atoms with Gasteiger partial charge in [-0.05, 0) is 36.4 Å². The highest BCUT2D eigenvalue weighted by Gasteiger charge is 2.18. The molecule has 4 N–H and O–H groups in total. The molecule has 2 aromatic carbocycles. The van der Waals surface area contributed by atoms with Crippen molar-refractivity contribution in [1.82, 2.24) is 20.4 Å². The Balaban J connectivity index is 1.91. The van der Waals surface area contributed by atoms with Gasteiger partial charge in [0.25, 0.3) is 11.5 Å². The molecule has 0 saturated heterocycles. The normalized spacial score (nSPS) is 10.8. The summed E-state index contributed by atoms with van der Waals surface area (Å²) in [6.07, 6.45) is -1.38. The zero-order valence-corrected chi connectivity index (χ0v) is 17.5. The number of carbonyl (C=O) groups excluding carboxylic acids is 1. The molecule has 4 aromatic rings. The van der Waals surface area contributed by atoms with Gasteiger partial charge in [-0.3, -0.25) is 19.6 Å². The molecule has 0 aliphatic heterocycles. The highest BCUT2D eigenvalue weighted by molar-refractivity contribution is 6.10. The lowest BCUT2D eigenvalue weighted by molar-refractivity contribution is 0.0926. The van der Waals surface area contributed by atoms with Crippen LogP contribution in [0.2, 0.25) is 0 Å². The van der Waals surface area contributed by atoms with E-state index in [2.05, 4.69) is 10.4 Å². The van der Waals surface area contributed by atoms with E-state index in [9.17, 15) is 14.4 Å². The Morgan fingerprint density at radius 1 is 0.969 bits per heavy atom. The first-order valence-electron chi connectivity index (χ1n) is 9.51. The Morgan fingerprint density at radius 2 is 1.75 bits per heavy atom. The molecule has 32 heavy (non-hydrogen) atoms. The molecule has 0 unspecified atom stereocenters. The second kappa shape index (κ2) is 7.99. The molecule has 164 valence electrons. The zero-order chi connectivity index (χ0) is 23.0. The molecule has 2 heterocycles. The van der Waals surface area contributed by atoms with E-state index in [0.29, 0.717) is 33.7 Å². The topological polar surface area (TPSA) is 135 Å². The number of rotatable bonds is 4. The molecule has 0 fully saturated rings. The van der Waals surface area contributed by atoms with Crippen molar-refractivity contribution in [2.24, 2.45) is 7.05 Å². The van der Waals surface area contributed by atoms with Crippen molar-refractivity contribution in [3.05, 3.63) is 58.4 Å². The van der Waals surface area contributed by atoms with Gasteiger partial charge >= 0.3 is 6.09 Å². The molecule has 10 nitrogen and oxygen atoms in total. The molecule has 0 bridgehead atoms. The van der Waals surface area contributed by atoms with Gasteiger partial charge in [0.2, 0.25) is 0 Å². The Kier molecular flexibility index (Phi) is 5.19. The first-order valence-corrected chi connectivity index (χ1v) is 9.51. The molecule has 0 atom stereocenters. The Morgan fingerprint density at radius 3 is 2.44 bits per heavy atom. The number of hydrazine groups is 1. The summed E-state index contributed by atoms with van der Waals surface area (Å²) in [5, 5.41) is 10.1. The summed E-state index contributed by atoms with van der Waals surface area (Å²) in [6, 6.07) is 11.8. The van der Waals surface area contributed by atoms with Crippen molar-refractivity contribution in [3.8, 4) is 22.6 Å². The van der Waals surface area contributed by atoms with Crippen LogP contribution in [-0.2, 0) is 7.05 Å². The number of carbonyl (C=O) groups is 2. The number of hydrogen-bond acceptors (Lipinski definition) is 5. The van der Waals surface area contributed by atoms with Crippen LogP contribution >= 0.6 is 0 Å². The largest absolute Gasteiger partial charge is 0.497 e. The molecule has 0 saturated carbocycles. The van der Waals surface area contributed by atoms with Gasteiger partial charge in [-0.2, -0.15) is 0 Å². The average Bonchev–Trinajstić information content (AvgIpc) is 3.17. The summed E-state index contributed by atoms with van der Waals surface area (Å²) in [5.74, 6) is 0.479. The first-order chi connectivity index (χ1) is 15.3. The number of H-pyrrole nitrogens is 1. The quantitative estimate of drug-likeness (QED) is 0.363. The SMILES string of the molecule is COc1ccc(-c2cc3c4cc(C(=O)NNC(=O)O)ccc4[nH]c3n(C)c2=O)c(OC)c1. The second-order valence-corrected chi connectivity index (χ2v) is 7.02. The third-order valence-corrected chi connectivity index (χ3v) is 5.22. The Bertz CT molecular complexity index is 1440. The van der Waals surface area contributed by atoms with Crippen molar-refractivity contribution >= 4 is 33.9 Å². The summed E-state index contributed by atoms with van der Waals surface area (Å²) in [4.78, 5) is 39.2. The van der Waals surface area contributed by atoms with Crippen LogP contribution in [0.1, 0.15) is 10.4 Å². The van der Waals surface area contributed by atoms with Crippen LogP contribution in [0.3, 0.4) is 0 Å². The molecule has 2 amide bonds. The van der Waals surface area contributed by atoms with Gasteiger partial charge in [0.05, 0.1) is 19.8 Å². The molecular formula is C22H20N4O6. The van der Waals surface area contributed by atoms with Gasteiger partial charge in [-0.25, -0.2) is 10.2 Å². The van der Waals surface area contributed by atoms with E-state index in [0.717, 1.165) is 10.9 Å². The number of benzene rings is 2. The van der Waals surface area contributed by atoms with E-state index < -0.39 is 12.0 Å². The number of aromatic nitrogens is 2. The van der Waals surface area contributed by atoms with Gasteiger partial charge in [-0.15, -0.1) is 0 Å². The lowest BCUT2D eigenvalue weighted by atomic mass is 10.0. The highest BCUT2D eigenvalue weighted by atomic mass is 16.5. The number of fused-ring (bicyclic) bond motifs is 3. The molecule has 0 spiro atoms. The van der Waals surface area contributed by atoms with Crippen molar-refractivity contribution < 1.29 is 24.2 Å². The minimum Gasteiger partial charge on any atom is -0.497 e. The first kappa shape index (κ1) is 20.8. The number of aryl methyl sites for hydroxylation is 1. The lowest BCUT2D eigenvalue weighted by Gasteiger charge is -2.12. The minimum absolute atomic E-state index is 0.226. The van der Waals surface area contributed by atoms with Crippen molar-refractivity contribution in [3.63, 3.8) is 0 Å². The van der Waals surface area contributed by atoms with Crippen LogP contribution in [0.5, 0.6) is 11.5 Å². The van der Waals surface area contributed by atoms with Crippen molar-refractivity contribution in [1.29, 1.82) is 0 Å². The van der Waals surface area contributed by atoms with E-state index in [1.807, 2.05) is 5.43 Å². The highest BCUT2D eigenvalue weighted by Crippen LogP contribution is 2.34. The van der Waals surface area contributed by atoms with Crippen LogP contribution in [0.25, 0.3) is 33.1 Å². The molecule has 0 radical (unpaired) electrons. The fourth-order valence-corrected chi connectivity index (χ4v) is 3.64. The van der Waals surface area contributed by atoms with Gasteiger partial charge in [0, 0.05) is 40.5 Å². The fraction of sp³-hybridized carbons (Fsp3) is 0.136. The van der Waals surface area contributed by atoms with Crippen LogP contribution in [-0.4, -0.2) is 40.9 Å². The smallest absolute Gasteiger partial charge is 0.423 e. The number of pyridine rings is 1. The van der Waals surface area contributed by atoms with Crippen molar-refractivity contribution in [2.45, 2.75) is 0 Å². The fourth-order valence-electron chi connectivity index (χ4n) is 3.64. The number of nitrogens with one attached hydrogen (secondary N) is 3. The monoisotopic (exact) mass is 436 g/mol. The maximum atomic E-state index is 13.1. The van der Waals surface area contributed by atoms with E-state index in [1.165, 1.54) is 11.7 Å². The van der Waals surface area contributed by atoms with E-state index >= 15 is 0 Å². The summed E-state index contributed by atoms with van der Waals surface area (Å²) >= 11 is 0. The summed E-state index contributed by atoms with van der Waals surface area (Å²) in [6.45, 7) is 0. The number of amides is 2. The van der Waals surface area contributed by atoms with Gasteiger partial charge in [0.1, 0.15) is 17.1 Å². The molecule has 10 heteroatoms. The van der Waals surface area contributed by atoms with E-state index in [4.69, 9.17) is 14.6 Å². The zero-order valence-electron chi connectivity index (χ0n) is 17.5. The number of methoxy groups -OCH3 is 2. The maximum absolute atomic E-state index is 13.1. The van der Waals surface area contributed by atoms with Gasteiger partial charge in [-0.1, -0.05) is 0 Å². The van der Waals surface area contributed by atoms with Crippen LogP contribution in [0.4, 0.5) is 4.79 Å².